The minimum atomic E-state index is 0.212. The number of nitrogens with one attached hydrogen (secondary N) is 1. The van der Waals surface area contributed by atoms with Crippen molar-refractivity contribution in [3.05, 3.63) is 0 Å². The van der Waals surface area contributed by atoms with Crippen LogP contribution in [0.15, 0.2) is 0 Å². The number of carbonyl (C=O) groups excluding carboxylic acids is 1. The Hall–Kier alpha value is -0.530. The topological polar surface area (TPSA) is 29.1 Å². The number of amides is 1. The molecule has 0 bridgehead atoms. The maximum Gasteiger partial charge on any atom is 0.221 e. The number of hydrogen-bond acceptors (Lipinski definition) is 1. The van der Waals surface area contributed by atoms with Gasteiger partial charge in [0.1, 0.15) is 0 Å². The van der Waals surface area contributed by atoms with Crippen LogP contribution in [0.3, 0.4) is 0 Å². The fourth-order valence-electron chi connectivity index (χ4n) is 1.98. The summed E-state index contributed by atoms with van der Waals surface area (Å²) in [6.45, 7) is 12.4. The van der Waals surface area contributed by atoms with Crippen LogP contribution in [0.1, 0.15) is 60.8 Å². The highest BCUT2D eigenvalue weighted by atomic mass is 16.2. The molecule has 1 aliphatic heterocycles. The summed E-state index contributed by atoms with van der Waals surface area (Å²) in [5.41, 5.74) is 0.425. The quantitative estimate of drug-likeness (QED) is 0.638. The van der Waals surface area contributed by atoms with Gasteiger partial charge in [0.2, 0.25) is 5.91 Å². The number of carbonyl (C=O) groups is 1. The van der Waals surface area contributed by atoms with Crippen LogP contribution >= 0.6 is 0 Å². The summed E-state index contributed by atoms with van der Waals surface area (Å²) in [7, 11) is 0. The van der Waals surface area contributed by atoms with E-state index in [-0.39, 0.29) is 16.9 Å². The van der Waals surface area contributed by atoms with Gasteiger partial charge >= 0.3 is 0 Å². The van der Waals surface area contributed by atoms with Crippen LogP contribution in [0.4, 0.5) is 0 Å². The van der Waals surface area contributed by atoms with E-state index in [1.807, 2.05) is 27.7 Å². The van der Waals surface area contributed by atoms with Gasteiger partial charge in [0.15, 0.2) is 0 Å². The molecule has 1 heterocycles. The first kappa shape index (κ1) is 13.5. The Morgan fingerprint density at radius 1 is 1.07 bits per heavy atom. The molecule has 0 aromatic rings. The number of rotatable bonds is 0. The number of hydrogen-bond donors (Lipinski definition) is 1. The van der Waals surface area contributed by atoms with E-state index in [9.17, 15) is 4.79 Å². The molecule has 0 radical (unpaired) electrons. The van der Waals surface area contributed by atoms with Crippen LogP contribution in [-0.4, -0.2) is 11.4 Å². The van der Waals surface area contributed by atoms with Gasteiger partial charge in [-0.25, -0.2) is 0 Å². The second-order valence-electron chi connectivity index (χ2n) is 4.19. The van der Waals surface area contributed by atoms with Gasteiger partial charge < -0.3 is 5.32 Å². The van der Waals surface area contributed by atoms with Crippen LogP contribution < -0.4 is 5.32 Å². The van der Waals surface area contributed by atoms with Crippen molar-refractivity contribution in [2.45, 2.75) is 66.3 Å². The minimum absolute atomic E-state index is 0.212. The van der Waals surface area contributed by atoms with Crippen molar-refractivity contribution in [1.82, 2.24) is 5.32 Å². The predicted molar refractivity (Wildman–Crippen MR) is 61.2 cm³/mol. The third-order valence-electron chi connectivity index (χ3n) is 3.03. The molecule has 2 nitrogen and oxygen atoms in total. The van der Waals surface area contributed by atoms with Crippen molar-refractivity contribution in [3.63, 3.8) is 0 Å². The molecule has 14 heavy (non-hydrogen) atoms. The van der Waals surface area contributed by atoms with Gasteiger partial charge in [0.05, 0.1) is 0 Å². The smallest absolute Gasteiger partial charge is 0.221 e. The van der Waals surface area contributed by atoms with Crippen molar-refractivity contribution < 1.29 is 4.79 Å². The van der Waals surface area contributed by atoms with Crippen molar-refractivity contribution in [3.8, 4) is 0 Å². The zero-order chi connectivity index (χ0) is 11.4. The molecule has 1 N–H and O–H groups in total. The molecule has 0 aromatic heterocycles. The second kappa shape index (κ2) is 4.81. The van der Waals surface area contributed by atoms with Crippen molar-refractivity contribution >= 4 is 5.91 Å². The van der Waals surface area contributed by atoms with E-state index in [4.69, 9.17) is 0 Å². The Morgan fingerprint density at radius 2 is 1.50 bits per heavy atom. The summed E-state index contributed by atoms with van der Waals surface area (Å²) in [6.07, 6.45) is 3.09. The van der Waals surface area contributed by atoms with Crippen LogP contribution in [-0.2, 0) is 4.79 Å². The average molecular weight is 199 g/mol. The molecule has 0 atom stereocenters. The molecule has 1 aliphatic carbocycles. The molecule has 0 unspecified atom stereocenters. The SMILES string of the molecule is CC.CC.CC1(C)CC(=O)NC12CC2. The van der Waals surface area contributed by atoms with E-state index >= 15 is 0 Å². The van der Waals surface area contributed by atoms with E-state index in [2.05, 4.69) is 19.2 Å². The Kier molecular flexibility index (Phi) is 4.63. The Balaban J connectivity index is 0.000000379. The van der Waals surface area contributed by atoms with E-state index in [0.29, 0.717) is 6.42 Å². The van der Waals surface area contributed by atoms with Gasteiger partial charge in [-0.3, -0.25) is 4.79 Å². The van der Waals surface area contributed by atoms with Crippen molar-refractivity contribution in [2.24, 2.45) is 5.41 Å². The lowest BCUT2D eigenvalue weighted by atomic mass is 9.83. The molecule has 2 heteroatoms. The maximum absolute atomic E-state index is 11.0. The van der Waals surface area contributed by atoms with Gasteiger partial charge in [-0.15, -0.1) is 0 Å². The summed E-state index contributed by atoms with van der Waals surface area (Å²) < 4.78 is 0. The third-order valence-corrected chi connectivity index (χ3v) is 3.03. The zero-order valence-corrected chi connectivity index (χ0v) is 10.5. The Bertz CT molecular complexity index is 184. The Morgan fingerprint density at radius 3 is 1.64 bits per heavy atom. The van der Waals surface area contributed by atoms with E-state index < -0.39 is 0 Å². The molecule has 1 saturated heterocycles. The fraction of sp³-hybridized carbons (Fsp3) is 0.917. The summed E-state index contributed by atoms with van der Waals surface area (Å²) in [5, 5.41) is 3.06. The molecule has 1 spiro atoms. The molecule has 2 fully saturated rings. The molecule has 1 amide bonds. The standard InChI is InChI=1S/C8H13NO.2C2H6/c1-7(2)5-6(10)9-8(7)3-4-8;2*1-2/h3-5H2,1-2H3,(H,9,10);2*1-2H3. The highest BCUT2D eigenvalue weighted by Gasteiger charge is 2.59. The van der Waals surface area contributed by atoms with Crippen LogP contribution in [0.5, 0.6) is 0 Å². The van der Waals surface area contributed by atoms with Gasteiger partial charge in [-0.2, -0.15) is 0 Å². The molecule has 2 aliphatic rings. The van der Waals surface area contributed by atoms with Gasteiger partial charge in [-0.05, 0) is 18.3 Å². The zero-order valence-electron chi connectivity index (χ0n) is 10.5. The van der Waals surface area contributed by atoms with Crippen LogP contribution in [0.2, 0.25) is 0 Å². The maximum atomic E-state index is 11.0. The largest absolute Gasteiger partial charge is 0.350 e. The van der Waals surface area contributed by atoms with E-state index in [1.165, 1.54) is 12.8 Å². The normalized spacial score (nSPS) is 24.0. The van der Waals surface area contributed by atoms with Crippen molar-refractivity contribution in [1.29, 1.82) is 0 Å². The lowest BCUT2D eigenvalue weighted by molar-refractivity contribution is -0.119. The summed E-state index contributed by atoms with van der Waals surface area (Å²) in [4.78, 5) is 11.0. The van der Waals surface area contributed by atoms with Crippen LogP contribution in [0.25, 0.3) is 0 Å². The average Bonchev–Trinajstić information content (AvgIpc) is 2.87. The molecular weight excluding hydrogens is 174 g/mol. The minimum Gasteiger partial charge on any atom is -0.350 e. The lowest BCUT2D eigenvalue weighted by Gasteiger charge is -2.24. The van der Waals surface area contributed by atoms with Gasteiger partial charge in [0, 0.05) is 12.0 Å². The highest BCUT2D eigenvalue weighted by molar-refractivity contribution is 5.81. The third kappa shape index (κ3) is 2.28. The van der Waals surface area contributed by atoms with Crippen molar-refractivity contribution in [2.75, 3.05) is 0 Å². The fourth-order valence-corrected chi connectivity index (χ4v) is 1.98. The Labute approximate surface area is 88.5 Å². The monoisotopic (exact) mass is 199 g/mol. The predicted octanol–water partition coefficient (Wildman–Crippen LogP) is 3.12. The molecule has 1 saturated carbocycles. The first-order valence-electron chi connectivity index (χ1n) is 5.87. The molecule has 2 rings (SSSR count). The molecule has 84 valence electrons. The summed E-state index contributed by atoms with van der Waals surface area (Å²) >= 11 is 0. The van der Waals surface area contributed by atoms with E-state index in [0.717, 1.165) is 0 Å². The second-order valence-corrected chi connectivity index (χ2v) is 4.19. The molecular formula is C12H25NO. The van der Waals surface area contributed by atoms with Gasteiger partial charge in [-0.1, -0.05) is 41.5 Å². The molecule has 0 aromatic carbocycles. The summed E-state index contributed by atoms with van der Waals surface area (Å²) in [5.74, 6) is 0.238. The van der Waals surface area contributed by atoms with Crippen LogP contribution in [0, 0.1) is 5.41 Å². The highest BCUT2D eigenvalue weighted by Crippen LogP contribution is 2.54. The first-order chi connectivity index (χ1) is 6.56. The summed E-state index contributed by atoms with van der Waals surface area (Å²) in [6, 6.07) is 0. The lowest BCUT2D eigenvalue weighted by Crippen LogP contribution is -2.35. The van der Waals surface area contributed by atoms with Gasteiger partial charge in [0.25, 0.3) is 0 Å². The van der Waals surface area contributed by atoms with E-state index in [1.54, 1.807) is 0 Å². The first-order valence-corrected chi connectivity index (χ1v) is 5.87.